The molecule has 5 nitrogen and oxygen atoms in total. The molecule has 0 spiro atoms. The molecule has 114 valence electrons. The Morgan fingerprint density at radius 1 is 1.18 bits per heavy atom. The van der Waals surface area contributed by atoms with E-state index in [1.54, 1.807) is 25.4 Å². The first kappa shape index (κ1) is 14.4. The van der Waals surface area contributed by atoms with Crippen LogP contribution in [-0.2, 0) is 11.2 Å². The Morgan fingerprint density at radius 3 is 2.91 bits per heavy atom. The van der Waals surface area contributed by atoms with Crippen LogP contribution >= 0.6 is 0 Å². The fourth-order valence-electron chi connectivity index (χ4n) is 2.31. The average Bonchev–Trinajstić information content (AvgIpc) is 2.95. The van der Waals surface area contributed by atoms with Crippen LogP contribution in [0, 0.1) is 0 Å². The molecule has 0 aliphatic heterocycles. The van der Waals surface area contributed by atoms with E-state index in [1.165, 1.54) is 5.56 Å². The van der Waals surface area contributed by atoms with Gasteiger partial charge in [0.15, 0.2) is 11.5 Å². The highest BCUT2D eigenvalue weighted by atomic mass is 16.5. The first-order chi connectivity index (χ1) is 10.8. The summed E-state index contributed by atoms with van der Waals surface area (Å²) in [6, 6.07) is 7.45. The predicted octanol–water partition coefficient (Wildman–Crippen LogP) is 3.05. The predicted molar refractivity (Wildman–Crippen MR) is 85.3 cm³/mol. The van der Waals surface area contributed by atoms with Crippen molar-refractivity contribution < 1.29 is 14.2 Å². The molecule has 1 aromatic heterocycles. The number of allylic oxidation sites excluding steroid dienone is 1. The third-order valence-electron chi connectivity index (χ3n) is 3.37. The zero-order chi connectivity index (χ0) is 15.4. The van der Waals surface area contributed by atoms with Crippen molar-refractivity contribution in [1.29, 1.82) is 0 Å². The van der Waals surface area contributed by atoms with Gasteiger partial charge in [0.05, 0.1) is 6.61 Å². The Kier molecular flexibility index (Phi) is 4.25. The maximum absolute atomic E-state index is 5.93. The van der Waals surface area contributed by atoms with Gasteiger partial charge in [0.2, 0.25) is 0 Å². The molecule has 0 fully saturated rings. The molecule has 1 aliphatic carbocycles. The van der Waals surface area contributed by atoms with Gasteiger partial charge in [-0.2, -0.15) is 0 Å². The summed E-state index contributed by atoms with van der Waals surface area (Å²) in [5, 5.41) is 0. The summed E-state index contributed by atoms with van der Waals surface area (Å²) in [6.07, 6.45) is 6.74. The minimum absolute atomic E-state index is 0.417. The van der Waals surface area contributed by atoms with Crippen molar-refractivity contribution in [3.8, 4) is 17.2 Å². The highest BCUT2D eigenvalue weighted by molar-refractivity contribution is 5.65. The fourth-order valence-corrected chi connectivity index (χ4v) is 2.31. The van der Waals surface area contributed by atoms with Gasteiger partial charge >= 0.3 is 0 Å². The number of ether oxygens (including phenoxy) is 3. The van der Waals surface area contributed by atoms with Crippen LogP contribution in [0.25, 0.3) is 6.08 Å². The molecule has 0 amide bonds. The molecule has 0 unspecified atom stereocenters. The molecule has 1 aliphatic rings. The molecule has 5 heteroatoms. The zero-order valence-corrected chi connectivity index (χ0v) is 12.4. The summed E-state index contributed by atoms with van der Waals surface area (Å²) in [5.74, 6) is 2.41. The fraction of sp³-hybridized carbons (Fsp3) is 0.235. The number of fused-ring (bicyclic) bond motifs is 1. The van der Waals surface area contributed by atoms with Crippen molar-refractivity contribution in [3.63, 3.8) is 0 Å². The van der Waals surface area contributed by atoms with Crippen LogP contribution in [0.3, 0.4) is 0 Å². The Hall–Kier alpha value is -2.53. The highest BCUT2D eigenvalue weighted by Crippen LogP contribution is 2.37. The Bertz CT molecular complexity index is 698. The number of nitrogens with zero attached hydrogens (tertiary/aromatic N) is 1. The van der Waals surface area contributed by atoms with Crippen molar-refractivity contribution in [3.05, 3.63) is 47.7 Å². The lowest BCUT2D eigenvalue weighted by Crippen LogP contribution is -2.05. The summed E-state index contributed by atoms with van der Waals surface area (Å²) in [6.45, 7) is 0.995. The second kappa shape index (κ2) is 6.49. The molecule has 3 rings (SSSR count). The molecule has 0 bridgehead atoms. The third kappa shape index (κ3) is 3.20. The first-order valence-corrected chi connectivity index (χ1v) is 7.11. The van der Waals surface area contributed by atoms with Crippen molar-refractivity contribution in [2.24, 2.45) is 0 Å². The van der Waals surface area contributed by atoms with E-state index in [4.69, 9.17) is 19.9 Å². The van der Waals surface area contributed by atoms with E-state index in [1.807, 2.05) is 12.1 Å². The van der Waals surface area contributed by atoms with E-state index in [0.717, 1.165) is 12.0 Å². The van der Waals surface area contributed by atoms with Gasteiger partial charge in [-0.1, -0.05) is 12.2 Å². The van der Waals surface area contributed by atoms with Crippen molar-refractivity contribution in [1.82, 2.24) is 4.98 Å². The summed E-state index contributed by atoms with van der Waals surface area (Å²) in [5.41, 5.74) is 8.07. The first-order valence-electron chi connectivity index (χ1n) is 7.11. The lowest BCUT2D eigenvalue weighted by molar-refractivity contribution is 0.144. The van der Waals surface area contributed by atoms with Crippen LogP contribution in [0.5, 0.6) is 17.2 Å². The minimum atomic E-state index is 0.417. The molecular weight excluding hydrogens is 280 g/mol. The van der Waals surface area contributed by atoms with Gasteiger partial charge in [0.25, 0.3) is 0 Å². The summed E-state index contributed by atoms with van der Waals surface area (Å²) in [4.78, 5) is 3.96. The van der Waals surface area contributed by atoms with Crippen LogP contribution in [-0.4, -0.2) is 25.3 Å². The third-order valence-corrected chi connectivity index (χ3v) is 3.37. The van der Waals surface area contributed by atoms with Gasteiger partial charge in [0.1, 0.15) is 18.2 Å². The monoisotopic (exact) mass is 298 g/mol. The number of benzene rings is 1. The topological polar surface area (TPSA) is 66.6 Å². The molecule has 2 N–H and O–H groups in total. The van der Waals surface area contributed by atoms with Gasteiger partial charge in [-0.15, -0.1) is 0 Å². The normalized spacial score (nSPS) is 12.2. The average molecular weight is 298 g/mol. The van der Waals surface area contributed by atoms with Crippen LogP contribution in [0.15, 0.2) is 36.5 Å². The van der Waals surface area contributed by atoms with Gasteiger partial charge in [-0.05, 0) is 35.7 Å². The van der Waals surface area contributed by atoms with Crippen LogP contribution in [0.1, 0.15) is 11.1 Å². The summed E-state index contributed by atoms with van der Waals surface area (Å²) in [7, 11) is 1.65. The maximum atomic E-state index is 5.93. The summed E-state index contributed by atoms with van der Waals surface area (Å²) >= 11 is 0. The molecule has 0 saturated heterocycles. The summed E-state index contributed by atoms with van der Waals surface area (Å²) < 4.78 is 16.7. The molecular formula is C17H18N2O3. The standard InChI is InChI=1S/C17H18N2O3/c1-20-7-8-21-15-9-12-3-2-4-13(12)10-16(15)22-14-5-6-19-17(18)11-14/h2,4-6,9-11H,3,7-8H2,1H3,(H2,18,19). The zero-order valence-electron chi connectivity index (χ0n) is 12.4. The molecule has 1 heterocycles. The molecule has 0 saturated carbocycles. The van der Waals surface area contributed by atoms with Crippen LogP contribution in [0.4, 0.5) is 5.82 Å². The number of aromatic nitrogens is 1. The van der Waals surface area contributed by atoms with Gasteiger partial charge in [0, 0.05) is 19.4 Å². The maximum Gasteiger partial charge on any atom is 0.169 e. The number of hydrogen-bond acceptors (Lipinski definition) is 5. The lowest BCUT2D eigenvalue weighted by atomic mass is 10.1. The van der Waals surface area contributed by atoms with Crippen LogP contribution in [0.2, 0.25) is 0 Å². The second-order valence-corrected chi connectivity index (χ2v) is 4.96. The second-order valence-electron chi connectivity index (χ2n) is 4.96. The van der Waals surface area contributed by atoms with Crippen molar-refractivity contribution in [2.45, 2.75) is 6.42 Å². The highest BCUT2D eigenvalue weighted by Gasteiger charge is 2.14. The molecule has 22 heavy (non-hydrogen) atoms. The van der Waals surface area contributed by atoms with Gasteiger partial charge < -0.3 is 19.9 Å². The Balaban J connectivity index is 1.88. The number of rotatable bonds is 6. The Morgan fingerprint density at radius 2 is 2.09 bits per heavy atom. The van der Waals surface area contributed by atoms with Crippen molar-refractivity contribution in [2.75, 3.05) is 26.1 Å². The van der Waals surface area contributed by atoms with E-state index in [2.05, 4.69) is 17.1 Å². The largest absolute Gasteiger partial charge is 0.487 e. The molecule has 0 atom stereocenters. The van der Waals surface area contributed by atoms with Crippen molar-refractivity contribution >= 4 is 11.9 Å². The number of nitrogen functional groups attached to an aromatic ring is 1. The van der Waals surface area contributed by atoms with E-state index < -0.39 is 0 Å². The minimum Gasteiger partial charge on any atom is -0.487 e. The van der Waals surface area contributed by atoms with E-state index in [-0.39, 0.29) is 0 Å². The van der Waals surface area contributed by atoms with Crippen LogP contribution < -0.4 is 15.2 Å². The molecule has 0 radical (unpaired) electrons. The van der Waals surface area contributed by atoms with E-state index >= 15 is 0 Å². The van der Waals surface area contributed by atoms with E-state index in [9.17, 15) is 0 Å². The Labute approximate surface area is 129 Å². The van der Waals surface area contributed by atoms with Gasteiger partial charge in [-0.25, -0.2) is 4.98 Å². The van der Waals surface area contributed by atoms with E-state index in [0.29, 0.717) is 36.3 Å². The lowest BCUT2D eigenvalue weighted by Gasteiger charge is -2.14. The number of anilines is 1. The number of hydrogen-bond donors (Lipinski definition) is 1. The van der Waals surface area contributed by atoms with Gasteiger partial charge in [-0.3, -0.25) is 0 Å². The molecule has 2 aromatic rings. The number of methoxy groups -OCH3 is 1. The number of nitrogens with two attached hydrogens (primary N) is 1. The SMILES string of the molecule is COCCOc1cc2c(cc1Oc1ccnc(N)c1)C=CC2. The molecule has 1 aromatic carbocycles. The smallest absolute Gasteiger partial charge is 0.169 e. The quantitative estimate of drug-likeness (QED) is 0.830. The number of pyridine rings is 1.